The Kier molecular flexibility index (Phi) is 5.10. The molecule has 0 spiro atoms. The Morgan fingerprint density at radius 3 is 2.61 bits per heavy atom. The number of methoxy groups -OCH3 is 1. The largest absolute Gasteiger partial charge is 0.497 e. The maximum atomic E-state index is 12.9. The van der Waals surface area contributed by atoms with E-state index >= 15 is 0 Å². The van der Waals surface area contributed by atoms with Gasteiger partial charge in [-0.3, -0.25) is 4.79 Å². The molecule has 144 valence electrons. The fourth-order valence-corrected chi connectivity index (χ4v) is 3.50. The van der Waals surface area contributed by atoms with Crippen LogP contribution in [-0.4, -0.2) is 41.1 Å². The van der Waals surface area contributed by atoms with Crippen LogP contribution in [0.15, 0.2) is 53.1 Å². The quantitative estimate of drug-likeness (QED) is 0.685. The summed E-state index contributed by atoms with van der Waals surface area (Å²) in [5.74, 6) is 2.01. The highest BCUT2D eigenvalue weighted by atomic mass is 16.5. The summed E-state index contributed by atoms with van der Waals surface area (Å²) in [7, 11) is 1.61. The molecule has 6 heteroatoms. The molecule has 0 aliphatic carbocycles. The van der Waals surface area contributed by atoms with Gasteiger partial charge in [0.1, 0.15) is 5.75 Å². The topological polar surface area (TPSA) is 68.5 Å². The number of carbonyl (C=O) groups excluding carboxylic acids is 1. The van der Waals surface area contributed by atoms with Gasteiger partial charge in [0.05, 0.1) is 13.0 Å². The number of piperidine rings is 1. The summed E-state index contributed by atoms with van der Waals surface area (Å²) < 4.78 is 10.7. The predicted octanol–water partition coefficient (Wildman–Crippen LogP) is 4.07. The highest BCUT2D eigenvalue weighted by Crippen LogP contribution is 2.28. The van der Waals surface area contributed by atoms with E-state index in [4.69, 9.17) is 9.26 Å². The van der Waals surface area contributed by atoms with Gasteiger partial charge in [0.25, 0.3) is 5.91 Å². The first-order chi connectivity index (χ1) is 13.6. The van der Waals surface area contributed by atoms with Gasteiger partial charge >= 0.3 is 0 Å². The van der Waals surface area contributed by atoms with E-state index in [9.17, 15) is 4.79 Å². The van der Waals surface area contributed by atoms with E-state index in [1.165, 1.54) is 5.56 Å². The predicted molar refractivity (Wildman–Crippen MR) is 105 cm³/mol. The van der Waals surface area contributed by atoms with Crippen LogP contribution in [0.5, 0.6) is 5.75 Å². The van der Waals surface area contributed by atoms with Crippen molar-refractivity contribution < 1.29 is 14.1 Å². The Morgan fingerprint density at radius 2 is 1.89 bits per heavy atom. The summed E-state index contributed by atoms with van der Waals surface area (Å²) in [6.45, 7) is 3.36. The number of likely N-dealkylation sites (tertiary alicyclic amines) is 1. The summed E-state index contributed by atoms with van der Waals surface area (Å²) in [6.07, 6.45) is 1.84. The zero-order valence-corrected chi connectivity index (χ0v) is 16.1. The molecule has 4 rings (SSSR count). The van der Waals surface area contributed by atoms with Gasteiger partial charge in [0.2, 0.25) is 11.7 Å². The number of ether oxygens (including phenoxy) is 1. The molecule has 1 aliphatic heterocycles. The molecule has 0 saturated carbocycles. The summed E-state index contributed by atoms with van der Waals surface area (Å²) >= 11 is 0. The maximum absolute atomic E-state index is 12.9. The van der Waals surface area contributed by atoms with Crippen molar-refractivity contribution in [3.63, 3.8) is 0 Å². The molecule has 1 fully saturated rings. The van der Waals surface area contributed by atoms with Crippen LogP contribution in [0, 0.1) is 6.92 Å². The smallest absolute Gasteiger partial charge is 0.253 e. The number of rotatable bonds is 4. The second-order valence-electron chi connectivity index (χ2n) is 7.14. The molecule has 1 aliphatic rings. The molecule has 1 unspecified atom stereocenters. The van der Waals surface area contributed by atoms with Crippen molar-refractivity contribution in [1.82, 2.24) is 15.0 Å². The van der Waals surface area contributed by atoms with Crippen LogP contribution in [-0.2, 0) is 0 Å². The van der Waals surface area contributed by atoms with Gasteiger partial charge in [-0.15, -0.1) is 0 Å². The van der Waals surface area contributed by atoms with Crippen LogP contribution in [0.3, 0.4) is 0 Å². The van der Waals surface area contributed by atoms with Crippen LogP contribution >= 0.6 is 0 Å². The van der Waals surface area contributed by atoms with E-state index < -0.39 is 0 Å². The van der Waals surface area contributed by atoms with Gasteiger partial charge in [0, 0.05) is 24.2 Å². The average molecular weight is 377 g/mol. The van der Waals surface area contributed by atoms with Crippen molar-refractivity contribution in [2.24, 2.45) is 0 Å². The lowest BCUT2D eigenvalue weighted by atomic mass is 9.97. The minimum Gasteiger partial charge on any atom is -0.497 e. The number of hydrogen-bond acceptors (Lipinski definition) is 5. The minimum absolute atomic E-state index is 0.0191. The number of aromatic nitrogens is 2. The highest BCUT2D eigenvalue weighted by Gasteiger charge is 2.29. The van der Waals surface area contributed by atoms with E-state index in [0.717, 1.165) is 30.7 Å². The van der Waals surface area contributed by atoms with Crippen LogP contribution in [0.2, 0.25) is 0 Å². The highest BCUT2D eigenvalue weighted by molar-refractivity contribution is 5.94. The second-order valence-corrected chi connectivity index (χ2v) is 7.14. The molecule has 0 bridgehead atoms. The minimum atomic E-state index is 0.0191. The molecule has 2 heterocycles. The van der Waals surface area contributed by atoms with Gasteiger partial charge in [0.15, 0.2) is 0 Å². The Balaban J connectivity index is 1.47. The summed E-state index contributed by atoms with van der Waals surface area (Å²) in [4.78, 5) is 19.3. The summed E-state index contributed by atoms with van der Waals surface area (Å²) in [6, 6.07) is 15.2. The summed E-state index contributed by atoms with van der Waals surface area (Å²) in [5, 5.41) is 4.13. The monoisotopic (exact) mass is 377 g/mol. The number of nitrogens with zero attached hydrogens (tertiary/aromatic N) is 3. The Morgan fingerprint density at radius 1 is 1.14 bits per heavy atom. The van der Waals surface area contributed by atoms with Crippen LogP contribution in [0.4, 0.5) is 0 Å². The van der Waals surface area contributed by atoms with E-state index in [1.807, 2.05) is 36.1 Å². The van der Waals surface area contributed by atoms with E-state index in [2.05, 4.69) is 10.1 Å². The standard InChI is InChI=1S/C22H23N3O3/c1-15-5-7-16(8-6-15)20-23-21(28-24-20)18-4-3-13-25(14-18)22(26)17-9-11-19(27-2)12-10-17/h5-12,18H,3-4,13-14H2,1-2H3. The zero-order valence-electron chi connectivity index (χ0n) is 16.1. The van der Waals surface area contributed by atoms with Gasteiger partial charge in [-0.05, 0) is 44.0 Å². The molecule has 1 atom stereocenters. The molecule has 3 aromatic rings. The Bertz CT molecular complexity index is 948. The first kappa shape index (κ1) is 18.2. The maximum Gasteiger partial charge on any atom is 0.253 e. The third kappa shape index (κ3) is 3.76. The molecule has 0 N–H and O–H groups in total. The second kappa shape index (κ2) is 7.84. The lowest BCUT2D eigenvalue weighted by Gasteiger charge is -2.31. The average Bonchev–Trinajstić information content (AvgIpc) is 3.24. The fourth-order valence-electron chi connectivity index (χ4n) is 3.50. The molecule has 1 aromatic heterocycles. The molecule has 2 aromatic carbocycles. The Labute approximate surface area is 164 Å². The first-order valence-electron chi connectivity index (χ1n) is 9.48. The molecule has 1 amide bonds. The molecule has 0 radical (unpaired) electrons. The SMILES string of the molecule is COc1ccc(C(=O)N2CCCC(c3nc(-c4ccc(C)cc4)no3)C2)cc1. The molecular weight excluding hydrogens is 354 g/mol. The van der Waals surface area contributed by atoms with E-state index in [0.29, 0.717) is 23.8 Å². The number of hydrogen-bond donors (Lipinski definition) is 0. The molecule has 6 nitrogen and oxygen atoms in total. The lowest BCUT2D eigenvalue weighted by Crippen LogP contribution is -2.39. The fraction of sp³-hybridized carbons (Fsp3) is 0.318. The van der Waals surface area contributed by atoms with Crippen molar-refractivity contribution in [2.45, 2.75) is 25.7 Å². The van der Waals surface area contributed by atoms with Gasteiger partial charge < -0.3 is 14.2 Å². The van der Waals surface area contributed by atoms with E-state index in [1.54, 1.807) is 31.4 Å². The number of aryl methyl sites for hydroxylation is 1. The van der Waals surface area contributed by atoms with Crippen LogP contribution in [0.1, 0.15) is 40.6 Å². The normalized spacial score (nSPS) is 16.8. The number of benzene rings is 2. The van der Waals surface area contributed by atoms with Gasteiger partial charge in [-0.2, -0.15) is 4.98 Å². The first-order valence-corrected chi connectivity index (χ1v) is 9.48. The van der Waals surface area contributed by atoms with Crippen molar-refractivity contribution >= 4 is 5.91 Å². The third-order valence-corrected chi connectivity index (χ3v) is 5.15. The van der Waals surface area contributed by atoms with Crippen LogP contribution in [0.25, 0.3) is 11.4 Å². The lowest BCUT2D eigenvalue weighted by molar-refractivity contribution is 0.0695. The summed E-state index contributed by atoms with van der Waals surface area (Å²) in [5.41, 5.74) is 2.78. The molecular formula is C22H23N3O3. The van der Waals surface area contributed by atoms with Crippen molar-refractivity contribution in [2.75, 3.05) is 20.2 Å². The number of amides is 1. The van der Waals surface area contributed by atoms with Gasteiger partial charge in [-0.25, -0.2) is 0 Å². The Hall–Kier alpha value is -3.15. The van der Waals surface area contributed by atoms with Crippen LogP contribution < -0.4 is 4.74 Å². The van der Waals surface area contributed by atoms with E-state index in [-0.39, 0.29) is 11.8 Å². The van der Waals surface area contributed by atoms with Crippen molar-refractivity contribution in [1.29, 1.82) is 0 Å². The molecule has 1 saturated heterocycles. The van der Waals surface area contributed by atoms with Crippen molar-refractivity contribution in [3.05, 3.63) is 65.5 Å². The molecule has 28 heavy (non-hydrogen) atoms. The van der Waals surface area contributed by atoms with Crippen molar-refractivity contribution in [3.8, 4) is 17.1 Å². The third-order valence-electron chi connectivity index (χ3n) is 5.15. The van der Waals surface area contributed by atoms with Gasteiger partial charge in [-0.1, -0.05) is 35.0 Å². The zero-order chi connectivity index (χ0) is 19.5. The number of carbonyl (C=O) groups is 1.